The third kappa shape index (κ3) is 2.97. The Balaban J connectivity index is 2.25. The van der Waals surface area contributed by atoms with Crippen LogP contribution in [0.1, 0.15) is 18.9 Å². The van der Waals surface area contributed by atoms with Crippen molar-refractivity contribution < 1.29 is 4.39 Å². The van der Waals surface area contributed by atoms with Gasteiger partial charge in [0.1, 0.15) is 11.5 Å². The Kier molecular flexibility index (Phi) is 4.14. The van der Waals surface area contributed by atoms with Crippen molar-refractivity contribution >= 4 is 15.9 Å². The van der Waals surface area contributed by atoms with Crippen molar-refractivity contribution in [1.82, 2.24) is 9.78 Å². The van der Waals surface area contributed by atoms with Gasteiger partial charge in [0, 0.05) is 12.2 Å². The molecule has 0 aliphatic heterocycles. The summed E-state index contributed by atoms with van der Waals surface area (Å²) >= 11 is 3.29. The molecule has 1 aromatic heterocycles. The van der Waals surface area contributed by atoms with Gasteiger partial charge in [-0.25, -0.2) is 9.07 Å². The minimum atomic E-state index is -0.286. The van der Waals surface area contributed by atoms with E-state index in [1.165, 1.54) is 10.7 Å². The molecule has 0 spiro atoms. The van der Waals surface area contributed by atoms with Crippen LogP contribution in [-0.2, 0) is 6.42 Å². The summed E-state index contributed by atoms with van der Waals surface area (Å²) in [6.45, 7) is 2.02. The molecule has 0 aliphatic carbocycles. The maximum Gasteiger partial charge on any atom is 0.149 e. The smallest absolute Gasteiger partial charge is 0.149 e. The highest BCUT2D eigenvalue weighted by molar-refractivity contribution is 9.10. The van der Waals surface area contributed by atoms with Gasteiger partial charge in [-0.2, -0.15) is 5.10 Å². The third-order valence-electron chi connectivity index (χ3n) is 2.83. The SMILES string of the molecule is CCC(N)Cc1ccc(-n2cc(Br)cn2)c(F)c1. The van der Waals surface area contributed by atoms with Gasteiger partial charge in [-0.3, -0.25) is 0 Å². The Morgan fingerprint density at radius 2 is 2.28 bits per heavy atom. The molecule has 1 unspecified atom stereocenters. The van der Waals surface area contributed by atoms with Gasteiger partial charge < -0.3 is 5.73 Å². The van der Waals surface area contributed by atoms with E-state index < -0.39 is 0 Å². The number of aromatic nitrogens is 2. The van der Waals surface area contributed by atoms with E-state index >= 15 is 0 Å². The first-order valence-electron chi connectivity index (χ1n) is 5.84. The van der Waals surface area contributed by atoms with Crippen LogP contribution >= 0.6 is 15.9 Å². The summed E-state index contributed by atoms with van der Waals surface area (Å²) < 4.78 is 16.3. The van der Waals surface area contributed by atoms with Crippen LogP contribution in [0.15, 0.2) is 35.1 Å². The average molecular weight is 312 g/mol. The number of nitrogens with two attached hydrogens (primary N) is 1. The van der Waals surface area contributed by atoms with E-state index in [9.17, 15) is 4.39 Å². The molecule has 3 nitrogen and oxygen atoms in total. The molecule has 2 rings (SSSR count). The summed E-state index contributed by atoms with van der Waals surface area (Å²) in [5, 5.41) is 4.06. The Morgan fingerprint density at radius 3 is 2.83 bits per heavy atom. The zero-order chi connectivity index (χ0) is 13.1. The van der Waals surface area contributed by atoms with Gasteiger partial charge in [-0.1, -0.05) is 13.0 Å². The molecule has 0 radical (unpaired) electrons. The van der Waals surface area contributed by atoms with E-state index in [-0.39, 0.29) is 11.9 Å². The van der Waals surface area contributed by atoms with Crippen molar-refractivity contribution in [3.63, 3.8) is 0 Å². The van der Waals surface area contributed by atoms with Crippen molar-refractivity contribution in [3.05, 3.63) is 46.4 Å². The minimum absolute atomic E-state index is 0.0779. The lowest BCUT2D eigenvalue weighted by molar-refractivity contribution is 0.601. The van der Waals surface area contributed by atoms with Crippen LogP contribution in [-0.4, -0.2) is 15.8 Å². The van der Waals surface area contributed by atoms with E-state index in [1.54, 1.807) is 18.5 Å². The molecule has 0 fully saturated rings. The highest BCUT2D eigenvalue weighted by Gasteiger charge is 2.08. The van der Waals surface area contributed by atoms with E-state index in [1.807, 2.05) is 13.0 Å². The number of halogens is 2. The van der Waals surface area contributed by atoms with Crippen molar-refractivity contribution in [2.75, 3.05) is 0 Å². The Morgan fingerprint density at radius 1 is 1.50 bits per heavy atom. The molecule has 1 atom stereocenters. The van der Waals surface area contributed by atoms with Crippen molar-refractivity contribution in [1.29, 1.82) is 0 Å². The molecule has 0 aliphatic rings. The molecule has 18 heavy (non-hydrogen) atoms. The second kappa shape index (κ2) is 5.63. The molecule has 1 heterocycles. The first-order chi connectivity index (χ1) is 8.60. The lowest BCUT2D eigenvalue weighted by Crippen LogP contribution is -2.21. The summed E-state index contributed by atoms with van der Waals surface area (Å²) in [5.74, 6) is -0.286. The monoisotopic (exact) mass is 311 g/mol. The largest absolute Gasteiger partial charge is 0.327 e. The van der Waals surface area contributed by atoms with E-state index in [0.29, 0.717) is 12.1 Å². The van der Waals surface area contributed by atoms with Gasteiger partial charge in [0.05, 0.1) is 10.7 Å². The minimum Gasteiger partial charge on any atom is -0.327 e. The summed E-state index contributed by atoms with van der Waals surface area (Å²) in [6.07, 6.45) is 4.92. The van der Waals surface area contributed by atoms with E-state index in [2.05, 4.69) is 21.0 Å². The molecule has 96 valence electrons. The van der Waals surface area contributed by atoms with Crippen LogP contribution in [0.4, 0.5) is 4.39 Å². The predicted octanol–water partition coefficient (Wildman–Crippen LogP) is 3.05. The summed E-state index contributed by atoms with van der Waals surface area (Å²) in [6, 6.07) is 5.23. The molecular weight excluding hydrogens is 297 g/mol. The molecule has 2 aromatic rings. The second-order valence-corrected chi connectivity index (χ2v) is 5.18. The van der Waals surface area contributed by atoms with Crippen LogP contribution in [0.2, 0.25) is 0 Å². The zero-order valence-corrected chi connectivity index (χ0v) is 11.7. The average Bonchev–Trinajstić information content (AvgIpc) is 2.75. The maximum atomic E-state index is 14.0. The second-order valence-electron chi connectivity index (χ2n) is 4.26. The first kappa shape index (κ1) is 13.2. The van der Waals surface area contributed by atoms with Crippen molar-refractivity contribution in [2.24, 2.45) is 5.73 Å². The number of nitrogens with zero attached hydrogens (tertiary/aromatic N) is 2. The number of hydrogen-bond acceptors (Lipinski definition) is 2. The van der Waals surface area contributed by atoms with Gasteiger partial charge in [-0.15, -0.1) is 0 Å². The molecule has 1 aromatic carbocycles. The Labute approximate surface area is 114 Å². The Bertz CT molecular complexity index is 539. The van der Waals surface area contributed by atoms with Crippen LogP contribution in [0.25, 0.3) is 5.69 Å². The topological polar surface area (TPSA) is 43.8 Å². The quantitative estimate of drug-likeness (QED) is 0.943. The highest BCUT2D eigenvalue weighted by atomic mass is 79.9. The normalized spacial score (nSPS) is 12.7. The molecule has 5 heteroatoms. The fourth-order valence-electron chi connectivity index (χ4n) is 1.74. The van der Waals surface area contributed by atoms with Gasteiger partial charge >= 0.3 is 0 Å². The third-order valence-corrected chi connectivity index (χ3v) is 3.24. The van der Waals surface area contributed by atoms with E-state index in [4.69, 9.17) is 5.73 Å². The molecule has 0 amide bonds. The Hall–Kier alpha value is -1.20. The van der Waals surface area contributed by atoms with Crippen molar-refractivity contribution in [2.45, 2.75) is 25.8 Å². The zero-order valence-electron chi connectivity index (χ0n) is 10.1. The first-order valence-corrected chi connectivity index (χ1v) is 6.64. The molecule has 0 bridgehead atoms. The van der Waals surface area contributed by atoms with Gasteiger partial charge in [0.25, 0.3) is 0 Å². The predicted molar refractivity (Wildman–Crippen MR) is 73.2 cm³/mol. The molecule has 2 N–H and O–H groups in total. The van der Waals surface area contributed by atoms with E-state index in [0.717, 1.165) is 16.5 Å². The number of benzene rings is 1. The molecular formula is C13H15BrFN3. The number of rotatable bonds is 4. The lowest BCUT2D eigenvalue weighted by atomic mass is 10.0. The van der Waals surface area contributed by atoms with Gasteiger partial charge in [-0.05, 0) is 46.5 Å². The standard InChI is InChI=1S/C13H15BrFN3/c1-2-11(16)5-9-3-4-13(12(15)6-9)18-8-10(14)7-17-18/h3-4,6-8,11H,2,5,16H2,1H3. The molecule has 0 saturated heterocycles. The van der Waals surface area contributed by atoms with Crippen LogP contribution in [0, 0.1) is 5.82 Å². The number of hydrogen-bond donors (Lipinski definition) is 1. The fraction of sp³-hybridized carbons (Fsp3) is 0.308. The van der Waals surface area contributed by atoms with Crippen LogP contribution in [0.3, 0.4) is 0 Å². The summed E-state index contributed by atoms with van der Waals surface area (Å²) in [7, 11) is 0. The van der Waals surface area contributed by atoms with Gasteiger partial charge in [0.2, 0.25) is 0 Å². The van der Waals surface area contributed by atoms with Gasteiger partial charge in [0.15, 0.2) is 0 Å². The lowest BCUT2D eigenvalue weighted by Gasteiger charge is -2.10. The van der Waals surface area contributed by atoms with Crippen LogP contribution < -0.4 is 5.73 Å². The van der Waals surface area contributed by atoms with Crippen molar-refractivity contribution in [3.8, 4) is 5.69 Å². The highest BCUT2D eigenvalue weighted by Crippen LogP contribution is 2.18. The fourth-order valence-corrected chi connectivity index (χ4v) is 2.03. The molecule has 0 saturated carbocycles. The summed E-state index contributed by atoms with van der Waals surface area (Å²) in [4.78, 5) is 0. The summed E-state index contributed by atoms with van der Waals surface area (Å²) in [5.41, 5.74) is 7.21. The maximum absolute atomic E-state index is 14.0. The van der Waals surface area contributed by atoms with Crippen LogP contribution in [0.5, 0.6) is 0 Å².